The molecule has 0 saturated heterocycles. The first-order chi connectivity index (χ1) is 14.9. The molecule has 0 spiro atoms. The highest BCUT2D eigenvalue weighted by Crippen LogP contribution is 2.30. The summed E-state index contributed by atoms with van der Waals surface area (Å²) in [5.74, 6) is 1.20. The molecule has 5 heteroatoms. The van der Waals surface area contributed by atoms with Crippen molar-refractivity contribution in [2.75, 3.05) is 20.7 Å². The molecule has 0 aliphatic rings. The Bertz CT molecular complexity index is 975. The van der Waals surface area contributed by atoms with Crippen LogP contribution in [0.3, 0.4) is 0 Å². The van der Waals surface area contributed by atoms with Crippen LogP contribution in [0, 0.1) is 12.7 Å². The molecule has 2 aromatic rings. The summed E-state index contributed by atoms with van der Waals surface area (Å²) >= 11 is 0. The van der Waals surface area contributed by atoms with E-state index < -0.39 is 0 Å². The number of aliphatic imine (C=N–C) groups is 1. The largest absolute Gasteiger partial charge is 0.496 e. The van der Waals surface area contributed by atoms with Gasteiger partial charge in [-0.2, -0.15) is 0 Å². The van der Waals surface area contributed by atoms with E-state index in [0.717, 1.165) is 46.0 Å². The van der Waals surface area contributed by atoms with E-state index in [1.54, 1.807) is 19.2 Å². The maximum absolute atomic E-state index is 13.4. The van der Waals surface area contributed by atoms with Gasteiger partial charge in [-0.3, -0.25) is 4.99 Å². The molecule has 0 saturated carbocycles. The van der Waals surface area contributed by atoms with Gasteiger partial charge in [0.15, 0.2) is 0 Å². The fourth-order valence-corrected chi connectivity index (χ4v) is 3.03. The van der Waals surface area contributed by atoms with Crippen LogP contribution in [-0.2, 0) is 0 Å². The van der Waals surface area contributed by atoms with Gasteiger partial charge in [-0.05, 0) is 68.1 Å². The smallest absolute Gasteiger partial charge is 0.133 e. The molecule has 2 aromatic carbocycles. The zero-order valence-corrected chi connectivity index (χ0v) is 19.1. The van der Waals surface area contributed by atoms with Crippen molar-refractivity contribution in [3.8, 4) is 16.9 Å². The second-order valence-corrected chi connectivity index (χ2v) is 7.14. The lowest BCUT2D eigenvalue weighted by Gasteiger charge is -2.18. The van der Waals surface area contributed by atoms with Crippen LogP contribution in [0.5, 0.6) is 5.75 Å². The third-order valence-electron chi connectivity index (χ3n) is 4.88. The number of nitrogens with zero attached hydrogens (tertiary/aromatic N) is 2. The fourth-order valence-electron chi connectivity index (χ4n) is 3.03. The van der Waals surface area contributed by atoms with Crippen LogP contribution in [0.25, 0.3) is 11.1 Å². The number of rotatable bonds is 9. The number of methoxy groups -OCH3 is 1. The van der Waals surface area contributed by atoms with Gasteiger partial charge in [-0.25, -0.2) is 4.39 Å². The van der Waals surface area contributed by atoms with Gasteiger partial charge >= 0.3 is 0 Å². The Labute approximate surface area is 185 Å². The van der Waals surface area contributed by atoms with Crippen LogP contribution in [0.1, 0.15) is 31.4 Å². The zero-order valence-electron chi connectivity index (χ0n) is 19.1. The van der Waals surface area contributed by atoms with Crippen LogP contribution in [0.15, 0.2) is 78.2 Å². The SMILES string of the molecule is C=C(CN=C(N/C=C/CC)c1cc(-c2ccc(F)cc2)cc(OC)c1C)N(C)/C=C\C. The van der Waals surface area contributed by atoms with E-state index in [4.69, 9.17) is 9.73 Å². The molecule has 0 aliphatic carbocycles. The van der Waals surface area contributed by atoms with Crippen molar-refractivity contribution in [2.24, 2.45) is 4.99 Å². The van der Waals surface area contributed by atoms with Crippen molar-refractivity contribution < 1.29 is 9.13 Å². The Morgan fingerprint density at radius 1 is 1.23 bits per heavy atom. The van der Waals surface area contributed by atoms with E-state index in [1.807, 2.05) is 56.4 Å². The van der Waals surface area contributed by atoms with Crippen LogP contribution < -0.4 is 10.1 Å². The molecule has 4 nitrogen and oxygen atoms in total. The van der Waals surface area contributed by atoms with E-state index >= 15 is 0 Å². The van der Waals surface area contributed by atoms with Crippen LogP contribution >= 0.6 is 0 Å². The minimum absolute atomic E-state index is 0.263. The molecule has 1 N–H and O–H groups in total. The standard InChI is InChI=1S/C26H32FN3O/c1-7-9-14-28-26(29-18-19(3)30(5)15-8-2)24-16-22(17-25(31-6)20(24)4)21-10-12-23(27)13-11-21/h8-17H,3,7,18H2,1-2,4-6H3,(H,28,29)/b14-9+,15-8-. The van der Waals surface area contributed by atoms with E-state index in [9.17, 15) is 4.39 Å². The number of nitrogens with one attached hydrogen (secondary N) is 1. The number of benzene rings is 2. The lowest BCUT2D eigenvalue weighted by atomic mass is 9.98. The molecule has 0 atom stereocenters. The molecule has 0 bridgehead atoms. The normalized spacial score (nSPS) is 11.9. The molecule has 0 aliphatic heterocycles. The third-order valence-corrected chi connectivity index (χ3v) is 4.88. The number of allylic oxidation sites excluding steroid dienone is 2. The number of hydrogen-bond donors (Lipinski definition) is 1. The Morgan fingerprint density at radius 2 is 1.94 bits per heavy atom. The topological polar surface area (TPSA) is 36.9 Å². The number of hydrogen-bond acceptors (Lipinski definition) is 3. The van der Waals surface area contributed by atoms with E-state index in [1.165, 1.54) is 12.1 Å². The zero-order chi connectivity index (χ0) is 22.8. The summed E-state index contributed by atoms with van der Waals surface area (Å²) in [4.78, 5) is 6.77. The van der Waals surface area contributed by atoms with Gasteiger partial charge in [-0.1, -0.05) is 37.8 Å². The van der Waals surface area contributed by atoms with Crippen molar-refractivity contribution in [3.05, 3.63) is 90.2 Å². The maximum atomic E-state index is 13.4. The summed E-state index contributed by atoms with van der Waals surface area (Å²) in [5.41, 5.74) is 4.59. The quantitative estimate of drug-likeness (QED) is 0.396. The maximum Gasteiger partial charge on any atom is 0.133 e. The predicted octanol–water partition coefficient (Wildman–Crippen LogP) is 6.05. The van der Waals surface area contributed by atoms with Gasteiger partial charge in [0.2, 0.25) is 0 Å². The number of halogens is 1. The van der Waals surface area contributed by atoms with Crippen molar-refractivity contribution in [1.29, 1.82) is 0 Å². The van der Waals surface area contributed by atoms with Crippen LogP contribution in [0.2, 0.25) is 0 Å². The van der Waals surface area contributed by atoms with Crippen molar-refractivity contribution in [2.45, 2.75) is 27.2 Å². The molecule has 0 amide bonds. The first-order valence-corrected chi connectivity index (χ1v) is 10.4. The van der Waals surface area contributed by atoms with Gasteiger partial charge in [0.1, 0.15) is 17.4 Å². The van der Waals surface area contributed by atoms with Crippen molar-refractivity contribution in [3.63, 3.8) is 0 Å². The Hall–Kier alpha value is -3.34. The Balaban J connectivity index is 2.53. The summed E-state index contributed by atoms with van der Waals surface area (Å²) in [7, 11) is 3.60. The predicted molar refractivity (Wildman–Crippen MR) is 129 cm³/mol. The Kier molecular flexibility index (Phi) is 9.07. The lowest BCUT2D eigenvalue weighted by Crippen LogP contribution is -2.22. The van der Waals surface area contributed by atoms with Gasteiger partial charge in [0, 0.05) is 23.9 Å². The second-order valence-electron chi connectivity index (χ2n) is 7.14. The van der Waals surface area contributed by atoms with E-state index in [-0.39, 0.29) is 5.82 Å². The lowest BCUT2D eigenvalue weighted by molar-refractivity contribution is 0.412. The molecular formula is C26H32FN3O. The minimum Gasteiger partial charge on any atom is -0.496 e. The Morgan fingerprint density at radius 3 is 2.55 bits per heavy atom. The van der Waals surface area contributed by atoms with Crippen LogP contribution in [0.4, 0.5) is 4.39 Å². The van der Waals surface area contributed by atoms with Gasteiger partial charge in [0.25, 0.3) is 0 Å². The minimum atomic E-state index is -0.263. The highest BCUT2D eigenvalue weighted by Gasteiger charge is 2.14. The first-order valence-electron chi connectivity index (χ1n) is 10.4. The second kappa shape index (κ2) is 11.7. The summed E-state index contributed by atoms with van der Waals surface area (Å²) in [5, 5.41) is 3.32. The van der Waals surface area contributed by atoms with Crippen LogP contribution in [-0.4, -0.2) is 31.4 Å². The van der Waals surface area contributed by atoms with E-state index in [2.05, 4.69) is 24.9 Å². The summed E-state index contributed by atoms with van der Waals surface area (Å²) < 4.78 is 19.0. The fraction of sp³-hybridized carbons (Fsp3) is 0.269. The first kappa shape index (κ1) is 23.9. The van der Waals surface area contributed by atoms with Gasteiger partial charge in [0.05, 0.1) is 13.7 Å². The molecule has 0 unspecified atom stereocenters. The average Bonchev–Trinajstić information content (AvgIpc) is 2.77. The average molecular weight is 422 g/mol. The molecule has 0 fully saturated rings. The molecule has 0 aromatic heterocycles. The van der Waals surface area contributed by atoms with E-state index in [0.29, 0.717) is 6.54 Å². The van der Waals surface area contributed by atoms with Gasteiger partial charge in [-0.15, -0.1) is 0 Å². The summed E-state index contributed by atoms with van der Waals surface area (Å²) in [6.45, 7) is 10.6. The molecule has 2 rings (SSSR count). The van der Waals surface area contributed by atoms with Crippen molar-refractivity contribution in [1.82, 2.24) is 10.2 Å². The molecular weight excluding hydrogens is 389 g/mol. The summed E-state index contributed by atoms with van der Waals surface area (Å²) in [6.07, 6.45) is 8.75. The monoisotopic (exact) mass is 421 g/mol. The number of ether oxygens (including phenoxy) is 1. The number of amidine groups is 1. The summed E-state index contributed by atoms with van der Waals surface area (Å²) in [6, 6.07) is 10.5. The highest BCUT2D eigenvalue weighted by atomic mass is 19.1. The molecule has 31 heavy (non-hydrogen) atoms. The molecule has 0 heterocycles. The molecule has 164 valence electrons. The van der Waals surface area contributed by atoms with Gasteiger partial charge < -0.3 is 15.0 Å². The molecule has 0 radical (unpaired) electrons. The van der Waals surface area contributed by atoms with Crippen molar-refractivity contribution >= 4 is 5.84 Å². The third kappa shape index (κ3) is 6.57. The number of likely N-dealkylation sites (N-methyl/N-ethyl adjacent to an activating group) is 1. The highest BCUT2D eigenvalue weighted by molar-refractivity contribution is 6.02.